The lowest BCUT2D eigenvalue weighted by Gasteiger charge is -2.33. The minimum Gasteiger partial charge on any atom is -0.380 e. The molecule has 4 rings (SSSR count). The predicted molar refractivity (Wildman–Crippen MR) is 123 cm³/mol. The number of carbonyl (C=O) groups excluding carboxylic acids is 1. The van der Waals surface area contributed by atoms with Crippen LogP contribution in [0.1, 0.15) is 41.3 Å². The van der Waals surface area contributed by atoms with Crippen molar-refractivity contribution in [3.63, 3.8) is 0 Å². The van der Waals surface area contributed by atoms with Gasteiger partial charge in [0.05, 0.1) is 34.6 Å². The molecule has 1 aliphatic carbocycles. The molecule has 0 saturated carbocycles. The average Bonchev–Trinajstić information content (AvgIpc) is 3.20. The summed E-state index contributed by atoms with van der Waals surface area (Å²) in [5.74, 6) is -2.13. The molecule has 0 radical (unpaired) electrons. The number of alkyl halides is 6. The Morgan fingerprint density at radius 2 is 1.73 bits per heavy atom. The summed E-state index contributed by atoms with van der Waals surface area (Å²) in [7, 11) is -2.27. The van der Waals surface area contributed by atoms with Crippen LogP contribution in [0.3, 0.4) is 0 Å². The third-order valence-electron chi connectivity index (χ3n) is 6.88. The van der Waals surface area contributed by atoms with Crippen LogP contribution in [0.2, 0.25) is 0 Å². The fraction of sp³-hybridized carbons (Fsp3) is 0.500. The van der Waals surface area contributed by atoms with Crippen LogP contribution in [0.15, 0.2) is 36.5 Å². The zero-order valence-corrected chi connectivity index (χ0v) is 20.6. The standard InChI is InChI=1S/C24H25F6N3O3S/c1-33(22(34)14-7-9-37(35,36)10-8-14)21(24(28,29)30)20-6-5-16(13-31-20)32-17-11-15-3-2-4-19(18(15)12-17)23(25,26)27/h2-6,13-14,17,21,32H,7-12H2,1H3/t17?,21-/m0/s1. The fourth-order valence-corrected chi connectivity index (χ4v) is 6.54. The number of benzene rings is 1. The normalized spacial score (nSPS) is 20.8. The average molecular weight is 550 g/mol. The largest absolute Gasteiger partial charge is 0.416 e. The van der Waals surface area contributed by atoms with E-state index in [1.54, 1.807) is 6.07 Å². The van der Waals surface area contributed by atoms with E-state index in [-0.39, 0.29) is 36.3 Å². The highest BCUT2D eigenvalue weighted by atomic mass is 32.2. The Kier molecular flexibility index (Phi) is 7.21. The van der Waals surface area contributed by atoms with Gasteiger partial charge < -0.3 is 10.2 Å². The van der Waals surface area contributed by atoms with Crippen LogP contribution < -0.4 is 5.32 Å². The SMILES string of the molecule is CN(C(=O)C1CCS(=O)(=O)CC1)[C@@H](c1ccc(NC2Cc3cccc(C(F)(F)F)c3C2)cn1)C(F)(F)F. The van der Waals surface area contributed by atoms with E-state index in [2.05, 4.69) is 10.3 Å². The summed E-state index contributed by atoms with van der Waals surface area (Å²) in [5.41, 5.74) is -0.0254. The van der Waals surface area contributed by atoms with Gasteiger partial charge in [0.25, 0.3) is 0 Å². The number of nitrogens with zero attached hydrogens (tertiary/aromatic N) is 2. The van der Waals surface area contributed by atoms with Gasteiger partial charge in [-0.1, -0.05) is 12.1 Å². The van der Waals surface area contributed by atoms with Crippen LogP contribution in [0.4, 0.5) is 32.0 Å². The van der Waals surface area contributed by atoms with Gasteiger partial charge in [0.15, 0.2) is 6.04 Å². The third kappa shape index (κ3) is 6.02. The molecule has 1 saturated heterocycles. The van der Waals surface area contributed by atoms with Gasteiger partial charge in [-0.25, -0.2) is 8.42 Å². The zero-order chi connectivity index (χ0) is 27.2. The predicted octanol–water partition coefficient (Wildman–Crippen LogP) is 4.57. The Balaban J connectivity index is 1.47. The number of halogens is 6. The van der Waals surface area contributed by atoms with Gasteiger partial charge in [-0.3, -0.25) is 9.78 Å². The molecular formula is C24H25F6N3O3S. The van der Waals surface area contributed by atoms with Crippen molar-refractivity contribution in [1.82, 2.24) is 9.88 Å². The molecule has 1 fully saturated rings. The highest BCUT2D eigenvalue weighted by Crippen LogP contribution is 2.39. The number of fused-ring (bicyclic) bond motifs is 1. The van der Waals surface area contributed by atoms with E-state index in [9.17, 15) is 39.6 Å². The number of anilines is 1. The molecule has 0 bridgehead atoms. The number of carbonyl (C=O) groups is 1. The summed E-state index contributed by atoms with van der Waals surface area (Å²) >= 11 is 0. The van der Waals surface area contributed by atoms with Gasteiger partial charge in [0.1, 0.15) is 9.84 Å². The summed E-state index contributed by atoms with van der Waals surface area (Å²) < 4.78 is 105. The maximum atomic E-state index is 14.0. The Hall–Kier alpha value is -2.83. The van der Waals surface area contributed by atoms with Crippen molar-refractivity contribution in [2.24, 2.45) is 5.92 Å². The molecule has 2 heterocycles. The summed E-state index contributed by atoms with van der Waals surface area (Å²) in [6, 6.07) is 3.74. The molecule has 1 aliphatic heterocycles. The highest BCUT2D eigenvalue weighted by molar-refractivity contribution is 7.91. The van der Waals surface area contributed by atoms with Gasteiger partial charge in [-0.05, 0) is 55.0 Å². The molecular weight excluding hydrogens is 524 g/mol. The van der Waals surface area contributed by atoms with Gasteiger partial charge in [0.2, 0.25) is 5.91 Å². The molecule has 1 aromatic carbocycles. The molecule has 13 heteroatoms. The van der Waals surface area contributed by atoms with Gasteiger partial charge in [-0.2, -0.15) is 26.3 Å². The number of rotatable bonds is 5. The number of pyridine rings is 1. The van der Waals surface area contributed by atoms with E-state index in [1.165, 1.54) is 12.1 Å². The van der Waals surface area contributed by atoms with Crippen molar-refractivity contribution in [1.29, 1.82) is 0 Å². The molecule has 6 nitrogen and oxygen atoms in total. The first kappa shape index (κ1) is 27.2. The Morgan fingerprint density at radius 3 is 2.30 bits per heavy atom. The molecule has 1 unspecified atom stereocenters. The van der Waals surface area contributed by atoms with Crippen molar-refractivity contribution in [3.8, 4) is 0 Å². The summed E-state index contributed by atoms with van der Waals surface area (Å²) in [6.07, 6.45) is -7.81. The maximum absolute atomic E-state index is 14.0. The number of nitrogens with one attached hydrogen (secondary N) is 1. The highest BCUT2D eigenvalue weighted by Gasteiger charge is 2.47. The van der Waals surface area contributed by atoms with Crippen molar-refractivity contribution >= 4 is 21.4 Å². The second kappa shape index (κ2) is 9.80. The summed E-state index contributed by atoms with van der Waals surface area (Å²) in [5, 5.41) is 3.03. The molecule has 1 N–H and O–H groups in total. The lowest BCUT2D eigenvalue weighted by atomic mass is 9.99. The van der Waals surface area contributed by atoms with E-state index in [0.29, 0.717) is 22.6 Å². The monoisotopic (exact) mass is 549 g/mol. The van der Waals surface area contributed by atoms with E-state index in [1.807, 2.05) is 0 Å². The van der Waals surface area contributed by atoms with Crippen LogP contribution in [0.25, 0.3) is 0 Å². The van der Waals surface area contributed by atoms with Crippen LogP contribution in [-0.2, 0) is 33.6 Å². The van der Waals surface area contributed by atoms with E-state index < -0.39 is 57.4 Å². The Labute approximate surface area is 210 Å². The van der Waals surface area contributed by atoms with Crippen LogP contribution in [-0.4, -0.2) is 55.0 Å². The quantitative estimate of drug-likeness (QED) is 0.553. The smallest absolute Gasteiger partial charge is 0.380 e. The topological polar surface area (TPSA) is 79.4 Å². The molecule has 2 aromatic rings. The summed E-state index contributed by atoms with van der Waals surface area (Å²) in [6.45, 7) is 0. The number of aromatic nitrogens is 1. The Morgan fingerprint density at radius 1 is 1.05 bits per heavy atom. The molecule has 1 aromatic heterocycles. The second-order valence-electron chi connectivity index (χ2n) is 9.48. The lowest BCUT2D eigenvalue weighted by molar-refractivity contribution is -0.191. The summed E-state index contributed by atoms with van der Waals surface area (Å²) in [4.78, 5) is 17.3. The van der Waals surface area contributed by atoms with Crippen LogP contribution >= 0.6 is 0 Å². The molecule has 37 heavy (non-hydrogen) atoms. The van der Waals surface area contributed by atoms with Crippen LogP contribution in [0.5, 0.6) is 0 Å². The Bertz CT molecular complexity index is 1250. The van der Waals surface area contributed by atoms with E-state index in [4.69, 9.17) is 0 Å². The first-order valence-corrected chi connectivity index (χ1v) is 13.4. The second-order valence-corrected chi connectivity index (χ2v) is 11.8. The maximum Gasteiger partial charge on any atom is 0.416 e. The lowest BCUT2D eigenvalue weighted by Crippen LogP contribution is -2.44. The van der Waals surface area contributed by atoms with Gasteiger partial charge in [0, 0.05) is 19.0 Å². The third-order valence-corrected chi connectivity index (χ3v) is 8.60. The zero-order valence-electron chi connectivity index (χ0n) is 19.7. The minimum absolute atomic E-state index is 0.0355. The van der Waals surface area contributed by atoms with Crippen molar-refractivity contribution < 1.29 is 39.6 Å². The van der Waals surface area contributed by atoms with Gasteiger partial charge in [-0.15, -0.1) is 0 Å². The van der Waals surface area contributed by atoms with Crippen molar-refractivity contribution in [2.75, 3.05) is 23.9 Å². The fourth-order valence-electron chi connectivity index (χ4n) is 5.04. The molecule has 1 amide bonds. The van der Waals surface area contributed by atoms with Gasteiger partial charge >= 0.3 is 12.4 Å². The van der Waals surface area contributed by atoms with Crippen LogP contribution in [0, 0.1) is 5.92 Å². The molecule has 2 atom stereocenters. The molecule has 202 valence electrons. The molecule has 0 spiro atoms. The first-order chi connectivity index (χ1) is 17.2. The van der Waals surface area contributed by atoms with Crippen molar-refractivity contribution in [3.05, 3.63) is 58.9 Å². The molecule has 2 aliphatic rings. The van der Waals surface area contributed by atoms with Crippen molar-refractivity contribution in [2.45, 2.75) is 50.1 Å². The number of amides is 1. The number of sulfone groups is 1. The van der Waals surface area contributed by atoms with E-state index >= 15 is 0 Å². The van der Waals surface area contributed by atoms with E-state index in [0.717, 1.165) is 25.4 Å². The number of hydrogen-bond donors (Lipinski definition) is 1. The number of hydrogen-bond acceptors (Lipinski definition) is 5. The minimum atomic E-state index is -4.84. The first-order valence-electron chi connectivity index (χ1n) is 11.6.